The van der Waals surface area contributed by atoms with E-state index in [-0.39, 0.29) is 5.41 Å². The second kappa shape index (κ2) is 5.54. The van der Waals surface area contributed by atoms with Crippen molar-refractivity contribution in [3.05, 3.63) is 63.5 Å². The first-order chi connectivity index (χ1) is 10.4. The van der Waals surface area contributed by atoms with Crippen molar-refractivity contribution >= 4 is 29.3 Å². The zero-order chi connectivity index (χ0) is 15.7. The summed E-state index contributed by atoms with van der Waals surface area (Å²) in [5, 5.41) is 1.96. The van der Waals surface area contributed by atoms with Gasteiger partial charge in [0.15, 0.2) is 5.70 Å². The van der Waals surface area contributed by atoms with Crippen molar-refractivity contribution in [3.63, 3.8) is 0 Å². The number of rotatable bonds is 2. The minimum absolute atomic E-state index is 0.0942. The van der Waals surface area contributed by atoms with Crippen LogP contribution in [0.2, 0.25) is 0 Å². The van der Waals surface area contributed by atoms with E-state index in [4.69, 9.17) is 4.74 Å². The van der Waals surface area contributed by atoms with Crippen molar-refractivity contribution in [3.8, 4) is 0 Å². The van der Waals surface area contributed by atoms with E-state index in [0.29, 0.717) is 11.6 Å². The number of ether oxygens (including phenoxy) is 1. The first kappa shape index (κ1) is 14.7. The third kappa shape index (κ3) is 3.02. The summed E-state index contributed by atoms with van der Waals surface area (Å²) in [6.07, 6.45) is 1.75. The molecule has 0 unspecified atom stereocenters. The number of hydrogen-bond acceptors (Lipinski definition) is 4. The van der Waals surface area contributed by atoms with Gasteiger partial charge in [0.25, 0.3) is 0 Å². The van der Waals surface area contributed by atoms with E-state index in [1.807, 2.05) is 41.8 Å². The number of thiophene rings is 1. The summed E-state index contributed by atoms with van der Waals surface area (Å²) in [4.78, 5) is 17.2. The van der Waals surface area contributed by atoms with Crippen molar-refractivity contribution in [2.45, 2.75) is 26.2 Å². The maximum absolute atomic E-state index is 11.9. The molecule has 2 heterocycles. The molecule has 0 amide bonds. The van der Waals surface area contributed by atoms with E-state index in [9.17, 15) is 4.79 Å². The van der Waals surface area contributed by atoms with E-state index in [0.717, 1.165) is 10.4 Å². The van der Waals surface area contributed by atoms with Crippen LogP contribution in [0.3, 0.4) is 0 Å². The van der Waals surface area contributed by atoms with Crippen LogP contribution in [0, 0.1) is 0 Å². The van der Waals surface area contributed by atoms with Crippen molar-refractivity contribution < 1.29 is 9.53 Å². The Kier molecular flexibility index (Phi) is 3.71. The average Bonchev–Trinajstić information content (AvgIpc) is 3.09. The molecular weight excluding hydrogens is 294 g/mol. The van der Waals surface area contributed by atoms with Crippen LogP contribution < -0.4 is 0 Å². The van der Waals surface area contributed by atoms with Gasteiger partial charge in [0.05, 0.1) is 0 Å². The van der Waals surface area contributed by atoms with Gasteiger partial charge in [0, 0.05) is 10.4 Å². The van der Waals surface area contributed by atoms with E-state index < -0.39 is 5.97 Å². The van der Waals surface area contributed by atoms with E-state index in [1.54, 1.807) is 17.4 Å². The van der Waals surface area contributed by atoms with Gasteiger partial charge in [-0.25, -0.2) is 9.79 Å². The molecule has 22 heavy (non-hydrogen) atoms. The number of carbonyl (C=O) groups excluding carboxylic acids is 1. The maximum Gasteiger partial charge on any atom is 0.363 e. The first-order valence-corrected chi connectivity index (χ1v) is 7.98. The number of hydrogen-bond donors (Lipinski definition) is 0. The zero-order valence-corrected chi connectivity index (χ0v) is 13.6. The monoisotopic (exact) mass is 311 g/mol. The molecule has 0 bridgehead atoms. The Hall–Kier alpha value is -2.20. The fraction of sp³-hybridized carbons (Fsp3) is 0.222. The van der Waals surface area contributed by atoms with Crippen molar-refractivity contribution in [2.75, 3.05) is 0 Å². The normalized spacial score (nSPS) is 16.8. The molecule has 0 atom stereocenters. The van der Waals surface area contributed by atoms with Crippen LogP contribution >= 0.6 is 11.3 Å². The standard InChI is InChI=1S/C18H17NO2S/c1-18(2,3)13-8-6-12(7-9-13)16-19-15(17(20)21-16)11-14-5-4-10-22-14/h4-11H,1-3H3/b15-11-. The summed E-state index contributed by atoms with van der Waals surface area (Å²) in [6.45, 7) is 6.49. The van der Waals surface area contributed by atoms with Crippen LogP contribution in [0.1, 0.15) is 36.8 Å². The Morgan fingerprint density at radius 3 is 2.45 bits per heavy atom. The number of benzene rings is 1. The van der Waals surface area contributed by atoms with Crippen LogP contribution in [0.4, 0.5) is 0 Å². The van der Waals surface area contributed by atoms with Gasteiger partial charge in [-0.05, 0) is 40.6 Å². The molecule has 0 fully saturated rings. The van der Waals surface area contributed by atoms with E-state index in [1.165, 1.54) is 5.56 Å². The number of nitrogens with zero attached hydrogens (tertiary/aromatic N) is 1. The fourth-order valence-corrected chi connectivity index (χ4v) is 2.80. The predicted molar refractivity (Wildman–Crippen MR) is 90.1 cm³/mol. The van der Waals surface area contributed by atoms with Gasteiger partial charge >= 0.3 is 5.97 Å². The summed E-state index contributed by atoms with van der Waals surface area (Å²) < 4.78 is 5.28. The minimum Gasteiger partial charge on any atom is -0.402 e. The predicted octanol–water partition coefficient (Wildman–Crippen LogP) is 4.39. The third-order valence-corrected chi connectivity index (χ3v) is 4.26. The minimum atomic E-state index is -0.400. The van der Waals surface area contributed by atoms with Gasteiger partial charge in [0.1, 0.15) is 0 Å². The molecule has 4 heteroatoms. The Bertz CT molecular complexity index is 747. The highest BCUT2D eigenvalue weighted by Crippen LogP contribution is 2.24. The van der Waals surface area contributed by atoms with Crippen molar-refractivity contribution in [2.24, 2.45) is 4.99 Å². The van der Waals surface area contributed by atoms with Crippen molar-refractivity contribution in [1.29, 1.82) is 0 Å². The number of carbonyl (C=O) groups is 1. The summed E-state index contributed by atoms with van der Waals surface area (Å²) in [5.41, 5.74) is 2.49. The summed E-state index contributed by atoms with van der Waals surface area (Å²) >= 11 is 1.56. The molecule has 0 spiro atoms. The second-order valence-electron chi connectivity index (χ2n) is 6.18. The highest BCUT2D eigenvalue weighted by molar-refractivity contribution is 7.10. The van der Waals surface area contributed by atoms with Crippen LogP contribution in [0.5, 0.6) is 0 Å². The van der Waals surface area contributed by atoms with Gasteiger partial charge in [-0.1, -0.05) is 39.0 Å². The van der Waals surface area contributed by atoms with Crippen molar-refractivity contribution in [1.82, 2.24) is 0 Å². The van der Waals surface area contributed by atoms with E-state index in [2.05, 4.69) is 25.8 Å². The molecule has 1 aliphatic rings. The number of esters is 1. The molecule has 1 aromatic carbocycles. The molecule has 0 radical (unpaired) electrons. The zero-order valence-electron chi connectivity index (χ0n) is 12.8. The third-order valence-electron chi connectivity index (χ3n) is 3.44. The molecule has 112 valence electrons. The van der Waals surface area contributed by atoms with Gasteiger partial charge in [0.2, 0.25) is 5.90 Å². The SMILES string of the molecule is CC(C)(C)c1ccc(C2=N/C(=C\c3cccs3)C(=O)O2)cc1. The molecule has 1 aliphatic heterocycles. The largest absolute Gasteiger partial charge is 0.402 e. The lowest BCUT2D eigenvalue weighted by atomic mass is 9.87. The molecular formula is C18H17NO2S. The molecule has 0 saturated heterocycles. The summed E-state index contributed by atoms with van der Waals surface area (Å²) in [5.74, 6) is -0.0310. The van der Waals surface area contributed by atoms with Crippen LogP contribution in [-0.2, 0) is 14.9 Å². The van der Waals surface area contributed by atoms with Gasteiger partial charge < -0.3 is 4.74 Å². The fourth-order valence-electron chi connectivity index (χ4n) is 2.15. The molecule has 1 aromatic heterocycles. The topological polar surface area (TPSA) is 38.7 Å². The number of aliphatic imine (C=N–C) groups is 1. The van der Waals surface area contributed by atoms with Gasteiger partial charge in [-0.3, -0.25) is 0 Å². The van der Waals surface area contributed by atoms with Crippen LogP contribution in [-0.4, -0.2) is 11.9 Å². The lowest BCUT2D eigenvalue weighted by molar-refractivity contribution is -0.129. The highest BCUT2D eigenvalue weighted by atomic mass is 32.1. The average molecular weight is 311 g/mol. The van der Waals surface area contributed by atoms with Crippen LogP contribution in [0.25, 0.3) is 6.08 Å². The quantitative estimate of drug-likeness (QED) is 0.609. The number of cyclic esters (lactones) is 1. The molecule has 3 nitrogen and oxygen atoms in total. The van der Waals surface area contributed by atoms with Gasteiger partial charge in [-0.15, -0.1) is 11.3 Å². The summed E-state index contributed by atoms with van der Waals surface area (Å²) in [7, 11) is 0. The highest BCUT2D eigenvalue weighted by Gasteiger charge is 2.24. The molecule has 0 saturated carbocycles. The smallest absolute Gasteiger partial charge is 0.363 e. The Balaban J connectivity index is 1.88. The Morgan fingerprint density at radius 2 is 1.86 bits per heavy atom. The maximum atomic E-state index is 11.9. The first-order valence-electron chi connectivity index (χ1n) is 7.10. The molecule has 3 rings (SSSR count). The molecule has 0 N–H and O–H groups in total. The van der Waals surface area contributed by atoms with Crippen LogP contribution in [0.15, 0.2) is 52.5 Å². The molecule has 2 aromatic rings. The lowest BCUT2D eigenvalue weighted by Gasteiger charge is -2.18. The lowest BCUT2D eigenvalue weighted by Crippen LogP contribution is -2.11. The Labute approximate surface area is 134 Å². The molecule has 0 aliphatic carbocycles. The summed E-state index contributed by atoms with van der Waals surface area (Å²) in [6, 6.07) is 11.9. The van der Waals surface area contributed by atoms with E-state index >= 15 is 0 Å². The van der Waals surface area contributed by atoms with Gasteiger partial charge in [-0.2, -0.15) is 0 Å². The second-order valence-corrected chi connectivity index (χ2v) is 7.16. The Morgan fingerprint density at radius 1 is 1.14 bits per heavy atom.